The molecular weight excluding hydrogens is 190 g/mol. The molecule has 1 aromatic heterocycles. The lowest BCUT2D eigenvalue weighted by atomic mass is 10.1. The van der Waals surface area contributed by atoms with Gasteiger partial charge in [-0.25, -0.2) is 4.79 Å². The molecular formula is C11H9N3O. The average Bonchev–Trinajstić information content (AvgIpc) is 2.76. The van der Waals surface area contributed by atoms with E-state index in [0.29, 0.717) is 6.54 Å². The number of aliphatic imine (C=N–C) groups is 1. The summed E-state index contributed by atoms with van der Waals surface area (Å²) in [5.74, 6) is 0. The van der Waals surface area contributed by atoms with Crippen LogP contribution in [-0.2, 0) is 11.3 Å². The fourth-order valence-electron chi connectivity index (χ4n) is 1.32. The van der Waals surface area contributed by atoms with Crippen molar-refractivity contribution in [1.82, 2.24) is 10.2 Å². The topological polar surface area (TPSA) is 58.1 Å². The third-order valence-electron chi connectivity index (χ3n) is 2.01. The number of hydrogen-bond acceptors (Lipinski definition) is 3. The molecule has 4 nitrogen and oxygen atoms in total. The zero-order valence-electron chi connectivity index (χ0n) is 7.97. The maximum absolute atomic E-state index is 9.93. The van der Waals surface area contributed by atoms with E-state index in [1.54, 1.807) is 0 Å². The number of carbonyl (C=O) groups excluding carboxylic acids is 1. The highest BCUT2D eigenvalue weighted by atomic mass is 16.1. The fourth-order valence-corrected chi connectivity index (χ4v) is 1.32. The highest BCUT2D eigenvalue weighted by Gasteiger charge is 2.01. The molecule has 0 spiro atoms. The van der Waals surface area contributed by atoms with Crippen molar-refractivity contribution in [3.8, 4) is 11.3 Å². The van der Waals surface area contributed by atoms with Crippen LogP contribution in [0.3, 0.4) is 0 Å². The number of rotatable bonds is 3. The molecule has 0 unspecified atom stereocenters. The number of benzene rings is 1. The Morgan fingerprint density at radius 2 is 2.13 bits per heavy atom. The Hall–Kier alpha value is -2.19. The van der Waals surface area contributed by atoms with Crippen LogP contribution < -0.4 is 0 Å². The average molecular weight is 199 g/mol. The molecule has 15 heavy (non-hydrogen) atoms. The minimum Gasteiger partial charge on any atom is -0.280 e. The maximum atomic E-state index is 9.93. The molecule has 0 saturated carbocycles. The number of nitrogens with zero attached hydrogens (tertiary/aromatic N) is 2. The summed E-state index contributed by atoms with van der Waals surface area (Å²) in [6.07, 6.45) is 1.49. The van der Waals surface area contributed by atoms with Gasteiger partial charge in [0.1, 0.15) is 0 Å². The SMILES string of the molecule is O=C=NCc1cc(-c2ccccc2)n[nH]1. The Morgan fingerprint density at radius 1 is 1.33 bits per heavy atom. The second kappa shape index (κ2) is 4.35. The molecule has 2 aromatic rings. The summed E-state index contributed by atoms with van der Waals surface area (Å²) in [5.41, 5.74) is 2.69. The number of nitrogens with one attached hydrogen (secondary N) is 1. The Labute approximate surface area is 86.7 Å². The van der Waals surface area contributed by atoms with E-state index < -0.39 is 0 Å². The van der Waals surface area contributed by atoms with Gasteiger partial charge < -0.3 is 0 Å². The maximum Gasteiger partial charge on any atom is 0.235 e. The van der Waals surface area contributed by atoms with Gasteiger partial charge >= 0.3 is 0 Å². The zero-order chi connectivity index (χ0) is 10.5. The number of hydrogen-bond donors (Lipinski definition) is 1. The monoisotopic (exact) mass is 199 g/mol. The van der Waals surface area contributed by atoms with Crippen molar-refractivity contribution >= 4 is 6.08 Å². The Bertz CT molecular complexity index is 484. The van der Waals surface area contributed by atoms with Crippen molar-refractivity contribution in [3.63, 3.8) is 0 Å². The van der Waals surface area contributed by atoms with E-state index in [2.05, 4.69) is 15.2 Å². The summed E-state index contributed by atoms with van der Waals surface area (Å²) < 4.78 is 0. The van der Waals surface area contributed by atoms with Crippen LogP contribution in [0.2, 0.25) is 0 Å². The van der Waals surface area contributed by atoms with Crippen molar-refractivity contribution in [1.29, 1.82) is 0 Å². The molecule has 1 heterocycles. The predicted molar refractivity (Wildman–Crippen MR) is 55.8 cm³/mol. The van der Waals surface area contributed by atoms with Crippen molar-refractivity contribution in [2.24, 2.45) is 4.99 Å². The van der Waals surface area contributed by atoms with E-state index in [1.807, 2.05) is 36.4 Å². The van der Waals surface area contributed by atoms with Crippen LogP contribution in [0.5, 0.6) is 0 Å². The molecule has 0 aliphatic rings. The van der Waals surface area contributed by atoms with Gasteiger partial charge in [0.05, 0.1) is 17.9 Å². The van der Waals surface area contributed by atoms with E-state index in [9.17, 15) is 4.79 Å². The standard InChI is InChI=1S/C11H9N3O/c15-8-12-7-10-6-11(14-13-10)9-4-2-1-3-5-9/h1-6H,7H2,(H,13,14). The Kier molecular flexibility index (Phi) is 2.72. The van der Waals surface area contributed by atoms with Gasteiger partial charge in [0.2, 0.25) is 6.08 Å². The van der Waals surface area contributed by atoms with Crippen LogP contribution in [-0.4, -0.2) is 16.3 Å². The van der Waals surface area contributed by atoms with E-state index >= 15 is 0 Å². The minimum absolute atomic E-state index is 0.295. The Morgan fingerprint density at radius 3 is 2.87 bits per heavy atom. The summed E-state index contributed by atoms with van der Waals surface area (Å²) in [6.45, 7) is 0.295. The summed E-state index contributed by atoms with van der Waals surface area (Å²) in [4.78, 5) is 13.4. The molecule has 0 saturated heterocycles. The number of isocyanates is 1. The third kappa shape index (κ3) is 2.18. The molecule has 0 aliphatic heterocycles. The number of aromatic amines is 1. The normalized spacial score (nSPS) is 9.60. The number of aromatic nitrogens is 2. The smallest absolute Gasteiger partial charge is 0.235 e. The van der Waals surface area contributed by atoms with Gasteiger partial charge in [-0.1, -0.05) is 30.3 Å². The van der Waals surface area contributed by atoms with E-state index in [1.165, 1.54) is 6.08 Å². The molecule has 2 rings (SSSR count). The van der Waals surface area contributed by atoms with Crippen molar-refractivity contribution in [3.05, 3.63) is 42.1 Å². The first kappa shape index (κ1) is 9.37. The van der Waals surface area contributed by atoms with Gasteiger partial charge in [0.25, 0.3) is 0 Å². The van der Waals surface area contributed by atoms with Crippen molar-refractivity contribution in [2.45, 2.75) is 6.54 Å². The first-order valence-corrected chi connectivity index (χ1v) is 4.53. The molecule has 0 atom stereocenters. The van der Waals surface area contributed by atoms with E-state index in [4.69, 9.17) is 0 Å². The highest BCUT2D eigenvalue weighted by molar-refractivity contribution is 5.58. The lowest BCUT2D eigenvalue weighted by Gasteiger charge is -1.92. The lowest BCUT2D eigenvalue weighted by molar-refractivity contribution is 0.562. The Balaban J connectivity index is 2.24. The van der Waals surface area contributed by atoms with E-state index in [-0.39, 0.29) is 0 Å². The molecule has 74 valence electrons. The van der Waals surface area contributed by atoms with Gasteiger partial charge in [0.15, 0.2) is 0 Å². The van der Waals surface area contributed by atoms with Crippen LogP contribution in [0.15, 0.2) is 41.4 Å². The molecule has 4 heteroatoms. The third-order valence-corrected chi connectivity index (χ3v) is 2.01. The van der Waals surface area contributed by atoms with Crippen LogP contribution in [0.25, 0.3) is 11.3 Å². The quantitative estimate of drug-likeness (QED) is 0.606. The van der Waals surface area contributed by atoms with Crippen LogP contribution in [0, 0.1) is 0 Å². The van der Waals surface area contributed by atoms with Crippen molar-refractivity contribution in [2.75, 3.05) is 0 Å². The van der Waals surface area contributed by atoms with Gasteiger partial charge in [0, 0.05) is 5.56 Å². The molecule has 1 N–H and O–H groups in total. The largest absolute Gasteiger partial charge is 0.280 e. The number of H-pyrrole nitrogens is 1. The molecule has 1 aromatic carbocycles. The molecule has 0 bridgehead atoms. The summed E-state index contributed by atoms with van der Waals surface area (Å²) in [6, 6.07) is 11.7. The molecule has 0 radical (unpaired) electrons. The summed E-state index contributed by atoms with van der Waals surface area (Å²) in [5, 5.41) is 6.94. The van der Waals surface area contributed by atoms with Gasteiger partial charge in [-0.2, -0.15) is 10.1 Å². The molecule has 0 fully saturated rings. The first-order valence-electron chi connectivity index (χ1n) is 4.53. The zero-order valence-corrected chi connectivity index (χ0v) is 7.97. The molecule has 0 aliphatic carbocycles. The van der Waals surface area contributed by atoms with Crippen LogP contribution in [0.4, 0.5) is 0 Å². The van der Waals surface area contributed by atoms with Crippen molar-refractivity contribution < 1.29 is 4.79 Å². The summed E-state index contributed by atoms with van der Waals surface area (Å²) >= 11 is 0. The second-order valence-electron chi connectivity index (χ2n) is 3.05. The van der Waals surface area contributed by atoms with E-state index in [0.717, 1.165) is 17.0 Å². The second-order valence-corrected chi connectivity index (χ2v) is 3.05. The van der Waals surface area contributed by atoms with Gasteiger partial charge in [-0.15, -0.1) is 0 Å². The highest BCUT2D eigenvalue weighted by Crippen LogP contribution is 2.16. The first-order chi connectivity index (χ1) is 7.40. The fraction of sp³-hybridized carbons (Fsp3) is 0.0909. The summed E-state index contributed by atoms with van der Waals surface area (Å²) in [7, 11) is 0. The predicted octanol–water partition coefficient (Wildman–Crippen LogP) is 1.91. The van der Waals surface area contributed by atoms with Gasteiger partial charge in [-0.05, 0) is 6.07 Å². The van der Waals surface area contributed by atoms with Gasteiger partial charge in [-0.3, -0.25) is 5.10 Å². The molecule has 0 amide bonds. The lowest BCUT2D eigenvalue weighted by Crippen LogP contribution is -1.79. The minimum atomic E-state index is 0.295. The van der Waals surface area contributed by atoms with Crippen LogP contribution in [0.1, 0.15) is 5.69 Å². The van der Waals surface area contributed by atoms with Crippen LogP contribution >= 0.6 is 0 Å².